The molecule has 2 aromatic carbocycles. The van der Waals surface area contributed by atoms with Crippen LogP contribution in [0.15, 0.2) is 58.3 Å². The first-order chi connectivity index (χ1) is 13.4. The molecule has 1 N–H and O–H groups in total. The lowest BCUT2D eigenvalue weighted by Gasteiger charge is -2.30. The Labute approximate surface area is 171 Å². The van der Waals surface area contributed by atoms with Crippen LogP contribution >= 0.6 is 11.8 Å². The molecule has 0 aliphatic heterocycles. The van der Waals surface area contributed by atoms with Gasteiger partial charge in [-0.2, -0.15) is 4.31 Å². The molecule has 1 amide bonds. The predicted octanol–water partition coefficient (Wildman–Crippen LogP) is 4.61. The van der Waals surface area contributed by atoms with E-state index in [1.807, 2.05) is 30.5 Å². The van der Waals surface area contributed by atoms with Crippen molar-refractivity contribution in [2.24, 2.45) is 0 Å². The van der Waals surface area contributed by atoms with E-state index in [1.165, 1.54) is 22.9 Å². The van der Waals surface area contributed by atoms with E-state index in [0.717, 1.165) is 36.3 Å². The topological polar surface area (TPSA) is 66.5 Å². The Bertz CT molecular complexity index is 921. The van der Waals surface area contributed by atoms with Gasteiger partial charge in [0, 0.05) is 23.5 Å². The number of hydrogen-bond acceptors (Lipinski definition) is 4. The highest BCUT2D eigenvalue weighted by Crippen LogP contribution is 2.27. The zero-order valence-electron chi connectivity index (χ0n) is 16.2. The van der Waals surface area contributed by atoms with Crippen molar-refractivity contribution in [3.63, 3.8) is 0 Å². The van der Waals surface area contributed by atoms with Crippen LogP contribution in [0.2, 0.25) is 0 Å². The molecule has 1 aliphatic rings. The monoisotopic (exact) mass is 418 g/mol. The Morgan fingerprint density at radius 3 is 2.32 bits per heavy atom. The summed E-state index contributed by atoms with van der Waals surface area (Å²) < 4.78 is 27.3. The van der Waals surface area contributed by atoms with Crippen molar-refractivity contribution in [2.75, 3.05) is 18.6 Å². The number of nitrogens with one attached hydrogen (secondary N) is 1. The second-order valence-electron chi connectivity index (χ2n) is 6.99. The molecule has 1 aliphatic carbocycles. The van der Waals surface area contributed by atoms with Gasteiger partial charge in [-0.25, -0.2) is 8.42 Å². The van der Waals surface area contributed by atoms with Crippen LogP contribution in [0.5, 0.6) is 0 Å². The number of amides is 1. The summed E-state index contributed by atoms with van der Waals surface area (Å²) in [5.74, 6) is -0.258. The molecule has 0 heterocycles. The molecule has 0 radical (unpaired) electrons. The number of anilines is 1. The molecule has 2 aromatic rings. The summed E-state index contributed by atoms with van der Waals surface area (Å²) >= 11 is 1.56. The van der Waals surface area contributed by atoms with E-state index in [1.54, 1.807) is 30.9 Å². The first kappa shape index (κ1) is 20.9. The average Bonchev–Trinajstić information content (AvgIpc) is 2.74. The number of sulfonamides is 1. The molecule has 1 fully saturated rings. The number of thioether (sulfide) groups is 1. The second kappa shape index (κ2) is 9.11. The van der Waals surface area contributed by atoms with Crippen molar-refractivity contribution in [3.05, 3.63) is 54.1 Å². The number of rotatable bonds is 6. The van der Waals surface area contributed by atoms with Crippen LogP contribution in [0.3, 0.4) is 0 Å². The predicted molar refractivity (Wildman–Crippen MR) is 114 cm³/mol. The highest BCUT2D eigenvalue weighted by molar-refractivity contribution is 7.98. The Balaban J connectivity index is 1.74. The van der Waals surface area contributed by atoms with Gasteiger partial charge in [-0.3, -0.25) is 4.79 Å². The highest BCUT2D eigenvalue weighted by atomic mass is 32.2. The van der Waals surface area contributed by atoms with Gasteiger partial charge in [-0.1, -0.05) is 31.4 Å². The minimum Gasteiger partial charge on any atom is -0.321 e. The molecule has 0 aromatic heterocycles. The number of nitrogens with zero attached hydrogens (tertiary/aromatic N) is 1. The lowest BCUT2D eigenvalue weighted by molar-refractivity contribution is 0.102. The fourth-order valence-electron chi connectivity index (χ4n) is 3.53. The summed E-state index contributed by atoms with van der Waals surface area (Å²) in [4.78, 5) is 13.7. The van der Waals surface area contributed by atoms with Gasteiger partial charge in [-0.15, -0.1) is 11.8 Å². The molecular weight excluding hydrogens is 392 g/mol. The smallest absolute Gasteiger partial charge is 0.255 e. The van der Waals surface area contributed by atoms with Gasteiger partial charge < -0.3 is 5.32 Å². The van der Waals surface area contributed by atoms with Crippen LogP contribution in [-0.4, -0.2) is 38.0 Å². The van der Waals surface area contributed by atoms with Crippen molar-refractivity contribution >= 4 is 33.4 Å². The van der Waals surface area contributed by atoms with Crippen LogP contribution in [0, 0.1) is 0 Å². The first-order valence-electron chi connectivity index (χ1n) is 9.46. The third-order valence-electron chi connectivity index (χ3n) is 5.24. The molecule has 28 heavy (non-hydrogen) atoms. The fourth-order valence-corrected chi connectivity index (χ4v) is 5.50. The van der Waals surface area contributed by atoms with Crippen molar-refractivity contribution < 1.29 is 13.2 Å². The summed E-state index contributed by atoms with van der Waals surface area (Å²) in [6.07, 6.45) is 7.08. The SMILES string of the molecule is CSc1ccccc1NC(=O)c1ccc(S(=O)(=O)N(C)C2CCCCC2)cc1. The van der Waals surface area contributed by atoms with Gasteiger partial charge in [-0.05, 0) is 55.5 Å². The van der Waals surface area contributed by atoms with Gasteiger partial charge in [0.2, 0.25) is 10.0 Å². The average molecular weight is 419 g/mol. The maximum Gasteiger partial charge on any atom is 0.255 e. The zero-order valence-corrected chi connectivity index (χ0v) is 17.9. The fraction of sp³-hybridized carbons (Fsp3) is 0.381. The molecule has 0 atom stereocenters. The third kappa shape index (κ3) is 4.59. The summed E-state index contributed by atoms with van der Waals surface area (Å²) in [7, 11) is -1.89. The molecule has 150 valence electrons. The summed E-state index contributed by atoms with van der Waals surface area (Å²) in [6, 6.07) is 13.8. The van der Waals surface area contributed by atoms with E-state index in [-0.39, 0.29) is 16.8 Å². The number of carbonyl (C=O) groups is 1. The van der Waals surface area contributed by atoms with E-state index < -0.39 is 10.0 Å². The minimum atomic E-state index is -3.55. The van der Waals surface area contributed by atoms with Crippen molar-refractivity contribution in [3.8, 4) is 0 Å². The molecular formula is C21H26N2O3S2. The second-order valence-corrected chi connectivity index (χ2v) is 9.84. The van der Waals surface area contributed by atoms with E-state index >= 15 is 0 Å². The quantitative estimate of drug-likeness (QED) is 0.696. The minimum absolute atomic E-state index is 0.0600. The van der Waals surface area contributed by atoms with E-state index in [2.05, 4.69) is 5.32 Å². The number of para-hydroxylation sites is 1. The standard InChI is InChI=1S/C21H26N2O3S2/c1-23(17-8-4-3-5-9-17)28(25,26)18-14-12-16(13-15-18)21(24)22-19-10-6-7-11-20(19)27-2/h6-7,10-15,17H,3-5,8-9H2,1-2H3,(H,22,24). The van der Waals surface area contributed by atoms with Crippen LogP contribution in [-0.2, 0) is 10.0 Å². The maximum atomic E-state index is 12.9. The Hall–Kier alpha value is -1.83. The Morgan fingerprint density at radius 2 is 1.68 bits per heavy atom. The lowest BCUT2D eigenvalue weighted by Crippen LogP contribution is -2.38. The van der Waals surface area contributed by atoms with E-state index in [4.69, 9.17) is 0 Å². The first-order valence-corrected chi connectivity index (χ1v) is 12.1. The van der Waals surface area contributed by atoms with Gasteiger partial charge in [0.25, 0.3) is 5.91 Å². The number of benzene rings is 2. The maximum absolute atomic E-state index is 12.9. The van der Waals surface area contributed by atoms with Crippen LogP contribution < -0.4 is 5.32 Å². The van der Waals surface area contributed by atoms with Crippen LogP contribution in [0.4, 0.5) is 5.69 Å². The lowest BCUT2D eigenvalue weighted by atomic mass is 9.96. The number of carbonyl (C=O) groups excluding carboxylic acids is 1. The molecule has 0 spiro atoms. The Kier molecular flexibility index (Phi) is 6.80. The highest BCUT2D eigenvalue weighted by Gasteiger charge is 2.29. The van der Waals surface area contributed by atoms with Gasteiger partial charge in [0.15, 0.2) is 0 Å². The van der Waals surface area contributed by atoms with Gasteiger partial charge in [0.05, 0.1) is 10.6 Å². The molecule has 0 saturated heterocycles. The van der Waals surface area contributed by atoms with Crippen LogP contribution in [0.1, 0.15) is 42.5 Å². The summed E-state index contributed by atoms with van der Waals surface area (Å²) in [5, 5.41) is 2.89. The normalized spacial score (nSPS) is 15.5. The molecule has 7 heteroatoms. The van der Waals surface area contributed by atoms with Crippen molar-refractivity contribution in [1.29, 1.82) is 0 Å². The van der Waals surface area contributed by atoms with E-state index in [9.17, 15) is 13.2 Å². The molecule has 5 nitrogen and oxygen atoms in total. The Morgan fingerprint density at radius 1 is 1.04 bits per heavy atom. The molecule has 3 rings (SSSR count). The van der Waals surface area contributed by atoms with E-state index in [0.29, 0.717) is 5.56 Å². The molecule has 1 saturated carbocycles. The van der Waals surface area contributed by atoms with Crippen molar-refractivity contribution in [2.45, 2.75) is 47.9 Å². The molecule has 0 unspecified atom stereocenters. The summed E-state index contributed by atoms with van der Waals surface area (Å²) in [6.45, 7) is 0. The third-order valence-corrected chi connectivity index (χ3v) is 7.96. The zero-order chi connectivity index (χ0) is 20.1. The van der Waals surface area contributed by atoms with Gasteiger partial charge >= 0.3 is 0 Å². The molecule has 0 bridgehead atoms. The number of hydrogen-bond donors (Lipinski definition) is 1. The van der Waals surface area contributed by atoms with Gasteiger partial charge in [0.1, 0.15) is 0 Å². The largest absolute Gasteiger partial charge is 0.321 e. The summed E-state index contributed by atoms with van der Waals surface area (Å²) in [5.41, 5.74) is 1.17. The van der Waals surface area contributed by atoms with Crippen molar-refractivity contribution in [1.82, 2.24) is 4.31 Å². The van der Waals surface area contributed by atoms with Crippen LogP contribution in [0.25, 0.3) is 0 Å².